The molecule has 0 amide bonds. The fourth-order valence-corrected chi connectivity index (χ4v) is 3.71. The first-order chi connectivity index (χ1) is 14.1. The number of para-hydroxylation sites is 1. The lowest BCUT2D eigenvalue weighted by molar-refractivity contribution is 0.438. The minimum Gasteiger partial charge on any atom is -0.372 e. The van der Waals surface area contributed by atoms with E-state index in [2.05, 4.69) is 87.9 Å². The largest absolute Gasteiger partial charge is 0.372 e. The van der Waals surface area contributed by atoms with Crippen molar-refractivity contribution in [2.45, 2.75) is 33.6 Å². The standard InChI is InChI=1S/C23H28N6/c1-16-11-13-29(14-12-16)20-9-7-19(8-10-20)25-21-15-24-28-23(26-21)27-22-17(2)5-4-6-18(22)3/h4-10,15-16H,11-14H2,1-3H3,(H2,25,26,27,28). The summed E-state index contributed by atoms with van der Waals surface area (Å²) in [7, 11) is 0. The predicted octanol–water partition coefficient (Wildman–Crippen LogP) is 5.21. The minimum absolute atomic E-state index is 0.478. The Morgan fingerprint density at radius 1 is 0.931 bits per heavy atom. The van der Waals surface area contributed by atoms with E-state index in [0.29, 0.717) is 11.8 Å². The molecule has 3 aromatic rings. The average molecular weight is 389 g/mol. The Morgan fingerprint density at radius 3 is 2.31 bits per heavy atom. The summed E-state index contributed by atoms with van der Waals surface area (Å²) in [6, 6.07) is 14.7. The van der Waals surface area contributed by atoms with Gasteiger partial charge in [-0.1, -0.05) is 25.1 Å². The summed E-state index contributed by atoms with van der Waals surface area (Å²) < 4.78 is 0. The fraction of sp³-hybridized carbons (Fsp3) is 0.348. The van der Waals surface area contributed by atoms with Crippen molar-refractivity contribution in [3.05, 3.63) is 59.8 Å². The van der Waals surface area contributed by atoms with Crippen LogP contribution in [0.3, 0.4) is 0 Å². The highest BCUT2D eigenvalue weighted by atomic mass is 15.3. The predicted molar refractivity (Wildman–Crippen MR) is 119 cm³/mol. The number of hydrogen-bond donors (Lipinski definition) is 2. The van der Waals surface area contributed by atoms with Gasteiger partial charge < -0.3 is 15.5 Å². The third-order valence-corrected chi connectivity index (χ3v) is 5.57. The lowest BCUT2D eigenvalue weighted by Gasteiger charge is -2.32. The van der Waals surface area contributed by atoms with Crippen LogP contribution in [0.25, 0.3) is 0 Å². The van der Waals surface area contributed by atoms with Gasteiger partial charge in [0.05, 0.1) is 6.20 Å². The number of nitrogens with one attached hydrogen (secondary N) is 2. The van der Waals surface area contributed by atoms with Gasteiger partial charge in [-0.2, -0.15) is 10.1 Å². The van der Waals surface area contributed by atoms with Gasteiger partial charge in [-0.05, 0) is 68.0 Å². The van der Waals surface area contributed by atoms with Crippen LogP contribution in [-0.4, -0.2) is 28.3 Å². The number of aromatic nitrogens is 3. The third kappa shape index (κ3) is 4.65. The number of rotatable bonds is 5. The van der Waals surface area contributed by atoms with Crippen LogP contribution in [0.4, 0.5) is 28.8 Å². The van der Waals surface area contributed by atoms with Crippen LogP contribution in [0, 0.1) is 19.8 Å². The van der Waals surface area contributed by atoms with E-state index in [4.69, 9.17) is 0 Å². The van der Waals surface area contributed by atoms with E-state index in [-0.39, 0.29) is 0 Å². The first-order valence-electron chi connectivity index (χ1n) is 10.2. The fourth-order valence-electron chi connectivity index (χ4n) is 3.71. The van der Waals surface area contributed by atoms with Crippen LogP contribution in [0.5, 0.6) is 0 Å². The van der Waals surface area contributed by atoms with Crippen LogP contribution >= 0.6 is 0 Å². The van der Waals surface area contributed by atoms with Crippen molar-refractivity contribution in [2.75, 3.05) is 28.6 Å². The molecule has 4 rings (SSSR count). The lowest BCUT2D eigenvalue weighted by Crippen LogP contribution is -2.32. The number of anilines is 5. The maximum Gasteiger partial charge on any atom is 0.249 e. The summed E-state index contributed by atoms with van der Waals surface area (Å²) in [4.78, 5) is 7.02. The Bertz CT molecular complexity index is 941. The van der Waals surface area contributed by atoms with Crippen LogP contribution in [0.2, 0.25) is 0 Å². The number of hydrogen-bond acceptors (Lipinski definition) is 6. The molecule has 0 spiro atoms. The summed E-state index contributed by atoms with van der Waals surface area (Å²) in [6.07, 6.45) is 4.17. The van der Waals surface area contributed by atoms with E-state index >= 15 is 0 Å². The minimum atomic E-state index is 0.478. The maximum absolute atomic E-state index is 4.56. The number of aryl methyl sites for hydroxylation is 2. The second-order valence-electron chi connectivity index (χ2n) is 7.90. The quantitative estimate of drug-likeness (QED) is 0.625. The number of benzene rings is 2. The van der Waals surface area contributed by atoms with E-state index in [0.717, 1.165) is 41.5 Å². The highest BCUT2D eigenvalue weighted by molar-refractivity contribution is 5.64. The van der Waals surface area contributed by atoms with Crippen molar-refractivity contribution in [3.8, 4) is 0 Å². The van der Waals surface area contributed by atoms with Crippen molar-refractivity contribution >= 4 is 28.8 Å². The van der Waals surface area contributed by atoms with E-state index in [1.165, 1.54) is 18.5 Å². The van der Waals surface area contributed by atoms with Crippen molar-refractivity contribution in [2.24, 2.45) is 5.92 Å². The molecular formula is C23H28N6. The second-order valence-corrected chi connectivity index (χ2v) is 7.90. The molecule has 2 N–H and O–H groups in total. The summed E-state index contributed by atoms with van der Waals surface area (Å²) in [5.41, 5.74) is 5.58. The van der Waals surface area contributed by atoms with Gasteiger partial charge in [0.25, 0.3) is 0 Å². The van der Waals surface area contributed by atoms with Gasteiger partial charge in [-0.15, -0.1) is 5.10 Å². The molecule has 1 fully saturated rings. The van der Waals surface area contributed by atoms with Gasteiger partial charge >= 0.3 is 0 Å². The first-order valence-corrected chi connectivity index (χ1v) is 10.2. The molecule has 2 aromatic carbocycles. The molecule has 0 unspecified atom stereocenters. The molecule has 0 aliphatic carbocycles. The highest BCUT2D eigenvalue weighted by Gasteiger charge is 2.15. The second kappa shape index (κ2) is 8.47. The Hall–Kier alpha value is -3.15. The van der Waals surface area contributed by atoms with Gasteiger partial charge in [-0.3, -0.25) is 0 Å². The molecule has 1 aromatic heterocycles. The zero-order chi connectivity index (χ0) is 20.2. The zero-order valence-corrected chi connectivity index (χ0v) is 17.3. The van der Waals surface area contributed by atoms with E-state index in [1.54, 1.807) is 6.20 Å². The molecule has 1 saturated heterocycles. The highest BCUT2D eigenvalue weighted by Crippen LogP contribution is 2.26. The van der Waals surface area contributed by atoms with E-state index < -0.39 is 0 Å². The lowest BCUT2D eigenvalue weighted by atomic mass is 9.99. The van der Waals surface area contributed by atoms with E-state index in [1.807, 2.05) is 6.07 Å². The van der Waals surface area contributed by atoms with Crippen LogP contribution < -0.4 is 15.5 Å². The van der Waals surface area contributed by atoms with Gasteiger partial charge in [0, 0.05) is 30.2 Å². The Labute approximate surface area is 172 Å². The van der Waals surface area contributed by atoms with Crippen molar-refractivity contribution in [1.82, 2.24) is 15.2 Å². The van der Waals surface area contributed by atoms with Gasteiger partial charge in [0.15, 0.2) is 5.82 Å². The average Bonchev–Trinajstić information content (AvgIpc) is 2.72. The summed E-state index contributed by atoms with van der Waals surface area (Å²) in [5.74, 6) is 1.98. The normalized spacial score (nSPS) is 14.7. The summed E-state index contributed by atoms with van der Waals surface area (Å²) in [6.45, 7) is 8.74. The van der Waals surface area contributed by atoms with Gasteiger partial charge in [-0.25, -0.2) is 0 Å². The molecule has 6 nitrogen and oxygen atoms in total. The summed E-state index contributed by atoms with van der Waals surface area (Å²) >= 11 is 0. The van der Waals surface area contributed by atoms with Gasteiger partial charge in [0.2, 0.25) is 5.95 Å². The number of nitrogens with zero attached hydrogens (tertiary/aromatic N) is 4. The van der Waals surface area contributed by atoms with Crippen LogP contribution in [0.15, 0.2) is 48.7 Å². The first kappa shape index (κ1) is 19.2. The Morgan fingerprint density at radius 2 is 1.62 bits per heavy atom. The Kier molecular flexibility index (Phi) is 5.60. The molecule has 29 heavy (non-hydrogen) atoms. The zero-order valence-electron chi connectivity index (χ0n) is 17.3. The van der Waals surface area contributed by atoms with E-state index in [9.17, 15) is 0 Å². The Balaban J connectivity index is 1.44. The van der Waals surface area contributed by atoms with Crippen molar-refractivity contribution < 1.29 is 0 Å². The molecule has 150 valence electrons. The number of piperidine rings is 1. The topological polar surface area (TPSA) is 66.0 Å². The molecule has 0 atom stereocenters. The molecule has 6 heteroatoms. The molecule has 1 aliphatic rings. The maximum atomic E-state index is 4.56. The van der Waals surface area contributed by atoms with Gasteiger partial charge in [0.1, 0.15) is 0 Å². The molecular weight excluding hydrogens is 360 g/mol. The monoisotopic (exact) mass is 388 g/mol. The molecule has 0 radical (unpaired) electrons. The van der Waals surface area contributed by atoms with Crippen LogP contribution in [0.1, 0.15) is 30.9 Å². The van der Waals surface area contributed by atoms with Crippen molar-refractivity contribution in [3.63, 3.8) is 0 Å². The van der Waals surface area contributed by atoms with Crippen molar-refractivity contribution in [1.29, 1.82) is 0 Å². The third-order valence-electron chi connectivity index (χ3n) is 5.57. The molecule has 1 aliphatic heterocycles. The summed E-state index contributed by atoms with van der Waals surface area (Å²) in [5, 5.41) is 14.8. The SMILES string of the molecule is Cc1cccc(C)c1Nc1nncc(Nc2ccc(N3CCC(C)CC3)cc2)n1. The smallest absolute Gasteiger partial charge is 0.249 e. The molecule has 2 heterocycles. The molecule has 0 saturated carbocycles. The molecule has 0 bridgehead atoms. The van der Waals surface area contributed by atoms with Crippen LogP contribution in [-0.2, 0) is 0 Å².